The maximum absolute atomic E-state index is 13.6. The van der Waals surface area contributed by atoms with Crippen LogP contribution in [0.2, 0.25) is 0 Å². The first-order chi connectivity index (χ1) is 15.1. The number of rotatable bonds is 7. The van der Waals surface area contributed by atoms with Gasteiger partial charge >= 0.3 is 0 Å². The van der Waals surface area contributed by atoms with E-state index in [2.05, 4.69) is 5.32 Å². The molecule has 0 spiro atoms. The van der Waals surface area contributed by atoms with Crippen molar-refractivity contribution in [3.8, 4) is 0 Å². The molecule has 1 fully saturated rings. The number of hydrogen-bond acceptors (Lipinski definition) is 3. The van der Waals surface area contributed by atoms with E-state index in [4.69, 9.17) is 0 Å². The topological polar surface area (TPSA) is 49.4 Å². The Kier molecular flexibility index (Phi) is 6.82. The molecule has 4 rings (SSSR count). The molecule has 1 saturated carbocycles. The van der Waals surface area contributed by atoms with Crippen LogP contribution >= 0.6 is 11.3 Å². The Hall–Kier alpha value is -2.92. The Balaban J connectivity index is 1.74. The van der Waals surface area contributed by atoms with Crippen molar-refractivity contribution < 1.29 is 9.59 Å². The number of amides is 2. The van der Waals surface area contributed by atoms with E-state index in [0.717, 1.165) is 47.4 Å². The first-order valence-corrected chi connectivity index (χ1v) is 11.8. The summed E-state index contributed by atoms with van der Waals surface area (Å²) in [7, 11) is 0. The van der Waals surface area contributed by atoms with Gasteiger partial charge in [-0.05, 0) is 54.5 Å². The van der Waals surface area contributed by atoms with Gasteiger partial charge in [-0.2, -0.15) is 0 Å². The minimum absolute atomic E-state index is 0.0801. The molecule has 0 radical (unpaired) electrons. The number of nitrogens with zero attached hydrogens (tertiary/aromatic N) is 1. The average Bonchev–Trinajstić information content (AvgIpc) is 3.46. The number of hydrogen-bond donors (Lipinski definition) is 1. The Morgan fingerprint density at radius 3 is 2.48 bits per heavy atom. The van der Waals surface area contributed by atoms with Gasteiger partial charge < -0.3 is 5.32 Å². The molecule has 5 heteroatoms. The van der Waals surface area contributed by atoms with Crippen molar-refractivity contribution in [2.45, 2.75) is 51.1 Å². The zero-order valence-corrected chi connectivity index (χ0v) is 18.6. The molecule has 1 N–H and O–H groups in total. The van der Waals surface area contributed by atoms with Crippen LogP contribution < -0.4 is 10.2 Å². The predicted octanol–water partition coefficient (Wildman–Crippen LogP) is 5.43. The van der Waals surface area contributed by atoms with Gasteiger partial charge in [-0.1, -0.05) is 61.4 Å². The molecule has 0 bridgehead atoms. The van der Waals surface area contributed by atoms with Gasteiger partial charge in [0, 0.05) is 16.6 Å². The third-order valence-electron chi connectivity index (χ3n) is 5.78. The van der Waals surface area contributed by atoms with E-state index in [1.54, 1.807) is 16.2 Å². The fourth-order valence-corrected chi connectivity index (χ4v) is 4.96. The highest BCUT2D eigenvalue weighted by Gasteiger charge is 2.34. The van der Waals surface area contributed by atoms with Gasteiger partial charge in [-0.25, -0.2) is 0 Å². The third kappa shape index (κ3) is 5.23. The lowest BCUT2D eigenvalue weighted by molar-refractivity contribution is -0.127. The van der Waals surface area contributed by atoms with Gasteiger partial charge in [0.25, 0.3) is 0 Å². The van der Waals surface area contributed by atoms with Crippen LogP contribution in [0.1, 0.15) is 47.7 Å². The van der Waals surface area contributed by atoms with Crippen LogP contribution in [0.25, 0.3) is 0 Å². The summed E-state index contributed by atoms with van der Waals surface area (Å²) in [6, 6.07) is 20.9. The van der Waals surface area contributed by atoms with Crippen molar-refractivity contribution in [1.82, 2.24) is 5.32 Å². The average molecular weight is 433 g/mol. The molecule has 31 heavy (non-hydrogen) atoms. The quantitative estimate of drug-likeness (QED) is 0.541. The number of nitrogens with one attached hydrogen (secondary N) is 1. The zero-order valence-electron chi connectivity index (χ0n) is 17.8. The Labute approximate surface area is 187 Å². The predicted molar refractivity (Wildman–Crippen MR) is 126 cm³/mol. The smallest absolute Gasteiger partial charge is 0.248 e. The molecule has 2 amide bonds. The molecule has 1 atom stereocenters. The molecule has 0 saturated heterocycles. The molecule has 2 aromatic carbocycles. The van der Waals surface area contributed by atoms with Crippen molar-refractivity contribution >= 4 is 28.8 Å². The van der Waals surface area contributed by atoms with Crippen LogP contribution in [-0.2, 0) is 16.0 Å². The number of carbonyl (C=O) groups is 2. The molecule has 1 aliphatic rings. The Morgan fingerprint density at radius 1 is 1.03 bits per heavy atom. The maximum atomic E-state index is 13.6. The molecule has 3 aromatic rings. The lowest BCUT2D eigenvalue weighted by Gasteiger charge is -2.32. The van der Waals surface area contributed by atoms with Crippen molar-refractivity contribution in [3.05, 3.63) is 88.1 Å². The van der Waals surface area contributed by atoms with E-state index in [-0.39, 0.29) is 24.3 Å². The first kappa shape index (κ1) is 21.3. The molecule has 0 aliphatic heterocycles. The highest BCUT2D eigenvalue weighted by Crippen LogP contribution is 2.30. The Morgan fingerprint density at radius 2 is 1.81 bits per heavy atom. The van der Waals surface area contributed by atoms with E-state index in [9.17, 15) is 9.59 Å². The van der Waals surface area contributed by atoms with Crippen molar-refractivity contribution in [2.75, 3.05) is 4.90 Å². The van der Waals surface area contributed by atoms with Gasteiger partial charge in [0.2, 0.25) is 11.8 Å². The van der Waals surface area contributed by atoms with Crippen molar-refractivity contribution in [1.29, 1.82) is 0 Å². The molecule has 160 valence electrons. The molecule has 1 aliphatic carbocycles. The second kappa shape index (κ2) is 9.92. The van der Waals surface area contributed by atoms with Crippen LogP contribution in [0.3, 0.4) is 0 Å². The fourth-order valence-electron chi connectivity index (χ4n) is 4.27. The van der Waals surface area contributed by atoms with E-state index in [1.165, 1.54) is 0 Å². The lowest BCUT2D eigenvalue weighted by atomic mass is 10.0. The van der Waals surface area contributed by atoms with Gasteiger partial charge in [-0.3, -0.25) is 14.5 Å². The number of thiophene rings is 1. The number of aryl methyl sites for hydroxylation is 1. The normalized spacial score (nSPS) is 14.9. The summed E-state index contributed by atoms with van der Waals surface area (Å²) in [5, 5.41) is 5.20. The summed E-state index contributed by atoms with van der Waals surface area (Å²) in [5.41, 5.74) is 2.62. The summed E-state index contributed by atoms with van der Waals surface area (Å²) in [6.45, 7) is 2.00. The number of benzene rings is 2. The summed E-state index contributed by atoms with van der Waals surface area (Å²) in [5.74, 6) is -0.192. The molecule has 4 nitrogen and oxygen atoms in total. The van der Waals surface area contributed by atoms with Gasteiger partial charge in [0.1, 0.15) is 6.04 Å². The molecule has 1 heterocycles. The molecule has 1 aromatic heterocycles. The van der Waals surface area contributed by atoms with Gasteiger partial charge in [-0.15, -0.1) is 11.3 Å². The standard InChI is InChI=1S/C26H28N2O2S/c1-19-9-7-14-22(17-19)28(24(29)18-23-15-8-16-31-23)25(20-10-3-2-4-11-20)26(30)27-21-12-5-6-13-21/h2-4,7-11,14-17,21,25H,5-6,12-13,18H2,1H3,(H,27,30)/t25-/m1/s1. The zero-order chi connectivity index (χ0) is 21.6. The van der Waals surface area contributed by atoms with E-state index in [0.29, 0.717) is 0 Å². The lowest BCUT2D eigenvalue weighted by Crippen LogP contribution is -2.46. The van der Waals surface area contributed by atoms with Crippen LogP contribution in [-0.4, -0.2) is 17.9 Å². The van der Waals surface area contributed by atoms with Crippen LogP contribution in [0.4, 0.5) is 5.69 Å². The highest BCUT2D eigenvalue weighted by atomic mass is 32.1. The van der Waals surface area contributed by atoms with Crippen LogP contribution in [0.15, 0.2) is 72.1 Å². The Bertz CT molecular complexity index is 1010. The second-order valence-corrected chi connectivity index (χ2v) is 9.19. The summed E-state index contributed by atoms with van der Waals surface area (Å²) in [6.07, 6.45) is 4.55. The minimum Gasteiger partial charge on any atom is -0.351 e. The maximum Gasteiger partial charge on any atom is 0.248 e. The number of carbonyl (C=O) groups excluding carboxylic acids is 2. The van der Waals surface area contributed by atoms with Crippen LogP contribution in [0.5, 0.6) is 0 Å². The fraction of sp³-hybridized carbons (Fsp3) is 0.308. The van der Waals surface area contributed by atoms with E-state index >= 15 is 0 Å². The van der Waals surface area contributed by atoms with E-state index < -0.39 is 6.04 Å². The second-order valence-electron chi connectivity index (χ2n) is 8.16. The number of anilines is 1. The van der Waals surface area contributed by atoms with Gasteiger partial charge in [0.05, 0.1) is 6.42 Å². The first-order valence-electron chi connectivity index (χ1n) is 10.9. The SMILES string of the molecule is Cc1cccc(N(C(=O)Cc2cccs2)[C@@H](C(=O)NC2CCCC2)c2ccccc2)c1. The van der Waals surface area contributed by atoms with Crippen molar-refractivity contribution in [3.63, 3.8) is 0 Å². The molecular formula is C26H28N2O2S. The van der Waals surface area contributed by atoms with Crippen molar-refractivity contribution in [2.24, 2.45) is 0 Å². The summed E-state index contributed by atoms with van der Waals surface area (Å²) >= 11 is 1.56. The minimum atomic E-state index is -0.712. The third-order valence-corrected chi connectivity index (χ3v) is 6.65. The monoisotopic (exact) mass is 432 g/mol. The van der Waals surface area contributed by atoms with E-state index in [1.807, 2.05) is 79.0 Å². The molecule has 0 unspecified atom stereocenters. The molecular weight excluding hydrogens is 404 g/mol. The van der Waals surface area contributed by atoms with Crippen LogP contribution in [0, 0.1) is 6.92 Å². The summed E-state index contributed by atoms with van der Waals surface area (Å²) < 4.78 is 0. The van der Waals surface area contributed by atoms with Gasteiger partial charge in [0.15, 0.2) is 0 Å². The highest BCUT2D eigenvalue weighted by molar-refractivity contribution is 7.10. The largest absolute Gasteiger partial charge is 0.351 e. The summed E-state index contributed by atoms with van der Waals surface area (Å²) in [4.78, 5) is 29.9.